The Kier molecular flexibility index (Phi) is 3.79. The van der Waals surface area contributed by atoms with E-state index in [9.17, 15) is 4.39 Å². The molecule has 1 aliphatic heterocycles. The van der Waals surface area contributed by atoms with Crippen LogP contribution in [0, 0.1) is 12.7 Å². The summed E-state index contributed by atoms with van der Waals surface area (Å²) in [6.45, 7) is 6.43. The third-order valence-corrected chi connectivity index (χ3v) is 3.28. The standard InChI is InChI=1S/C12H16ClFN2/c1-9-6-11(13)10(7-12(9)14)8-16-4-2-15-3-5-16/h6-7,15H,2-5,8H2,1H3. The lowest BCUT2D eigenvalue weighted by Crippen LogP contribution is -2.42. The largest absolute Gasteiger partial charge is 0.314 e. The molecule has 16 heavy (non-hydrogen) atoms. The molecule has 4 heteroatoms. The zero-order chi connectivity index (χ0) is 11.5. The Morgan fingerprint density at radius 1 is 1.38 bits per heavy atom. The maximum Gasteiger partial charge on any atom is 0.126 e. The number of nitrogens with one attached hydrogen (secondary N) is 1. The van der Waals surface area contributed by atoms with Crippen molar-refractivity contribution < 1.29 is 4.39 Å². The molecule has 0 saturated carbocycles. The fourth-order valence-corrected chi connectivity index (χ4v) is 2.20. The Labute approximate surface area is 100 Å². The van der Waals surface area contributed by atoms with Crippen molar-refractivity contribution in [2.45, 2.75) is 13.5 Å². The van der Waals surface area contributed by atoms with Gasteiger partial charge in [-0.3, -0.25) is 4.90 Å². The summed E-state index contributed by atoms with van der Waals surface area (Å²) in [6, 6.07) is 3.26. The number of hydrogen-bond acceptors (Lipinski definition) is 2. The monoisotopic (exact) mass is 242 g/mol. The van der Waals surface area contributed by atoms with Crippen LogP contribution < -0.4 is 5.32 Å². The first kappa shape index (κ1) is 11.8. The minimum absolute atomic E-state index is 0.172. The molecule has 88 valence electrons. The molecule has 2 nitrogen and oxygen atoms in total. The van der Waals surface area contributed by atoms with Gasteiger partial charge in [-0.2, -0.15) is 0 Å². The van der Waals surface area contributed by atoms with E-state index in [0.717, 1.165) is 38.3 Å². The number of halogens is 2. The second kappa shape index (κ2) is 5.13. The lowest BCUT2D eigenvalue weighted by atomic mass is 10.1. The highest BCUT2D eigenvalue weighted by Gasteiger charge is 2.13. The summed E-state index contributed by atoms with van der Waals surface area (Å²) in [5.41, 5.74) is 1.49. The Hall–Kier alpha value is -0.640. The van der Waals surface area contributed by atoms with Gasteiger partial charge in [0.15, 0.2) is 0 Å². The molecule has 0 unspecified atom stereocenters. The first-order valence-electron chi connectivity index (χ1n) is 5.54. The van der Waals surface area contributed by atoms with Crippen LogP contribution in [0.25, 0.3) is 0 Å². The van der Waals surface area contributed by atoms with Gasteiger partial charge in [0, 0.05) is 37.7 Å². The summed E-state index contributed by atoms with van der Waals surface area (Å²) in [5, 5.41) is 3.95. The maximum absolute atomic E-state index is 13.4. The van der Waals surface area contributed by atoms with E-state index in [2.05, 4.69) is 10.2 Å². The van der Waals surface area contributed by atoms with Crippen LogP contribution in [-0.2, 0) is 6.54 Å². The third kappa shape index (κ3) is 2.73. The van der Waals surface area contributed by atoms with E-state index in [1.165, 1.54) is 0 Å². The molecule has 0 aromatic heterocycles. The van der Waals surface area contributed by atoms with Gasteiger partial charge in [-0.05, 0) is 30.2 Å². The summed E-state index contributed by atoms with van der Waals surface area (Å²) in [4.78, 5) is 2.28. The van der Waals surface area contributed by atoms with Crippen LogP contribution in [0.15, 0.2) is 12.1 Å². The van der Waals surface area contributed by atoms with Crippen LogP contribution in [0.5, 0.6) is 0 Å². The lowest BCUT2D eigenvalue weighted by molar-refractivity contribution is 0.233. The molecule has 1 fully saturated rings. The van der Waals surface area contributed by atoms with Gasteiger partial charge in [0.2, 0.25) is 0 Å². The highest BCUT2D eigenvalue weighted by Crippen LogP contribution is 2.21. The molecule has 0 aliphatic carbocycles. The Balaban J connectivity index is 2.11. The molecule has 0 spiro atoms. The molecule has 0 bridgehead atoms. The molecule has 1 heterocycles. The van der Waals surface area contributed by atoms with E-state index in [4.69, 9.17) is 11.6 Å². The lowest BCUT2D eigenvalue weighted by Gasteiger charge is -2.27. The predicted molar refractivity (Wildman–Crippen MR) is 64.3 cm³/mol. The molecule has 0 atom stereocenters. The van der Waals surface area contributed by atoms with Crippen LogP contribution in [0.1, 0.15) is 11.1 Å². The van der Waals surface area contributed by atoms with Gasteiger partial charge in [0.05, 0.1) is 0 Å². The molecule has 2 rings (SSSR count). The van der Waals surface area contributed by atoms with Crippen LogP contribution >= 0.6 is 11.6 Å². The summed E-state index contributed by atoms with van der Waals surface area (Å²) < 4.78 is 13.4. The van der Waals surface area contributed by atoms with Crippen LogP contribution in [0.4, 0.5) is 4.39 Å². The van der Waals surface area contributed by atoms with Crippen molar-refractivity contribution in [2.24, 2.45) is 0 Å². The van der Waals surface area contributed by atoms with Crippen molar-refractivity contribution in [1.29, 1.82) is 0 Å². The number of nitrogens with zero attached hydrogens (tertiary/aromatic N) is 1. The van der Waals surface area contributed by atoms with E-state index >= 15 is 0 Å². The molecule has 1 aromatic carbocycles. The second-order valence-corrected chi connectivity index (χ2v) is 4.63. The van der Waals surface area contributed by atoms with Crippen LogP contribution in [0.3, 0.4) is 0 Å². The van der Waals surface area contributed by atoms with E-state index in [-0.39, 0.29) is 5.82 Å². The SMILES string of the molecule is Cc1cc(Cl)c(CN2CCNCC2)cc1F. The Bertz CT molecular complexity index is 376. The number of benzene rings is 1. The molecule has 1 N–H and O–H groups in total. The van der Waals surface area contributed by atoms with Crippen molar-refractivity contribution in [2.75, 3.05) is 26.2 Å². The second-order valence-electron chi connectivity index (χ2n) is 4.22. The minimum Gasteiger partial charge on any atom is -0.314 e. The fraction of sp³-hybridized carbons (Fsp3) is 0.500. The topological polar surface area (TPSA) is 15.3 Å². The Morgan fingerprint density at radius 2 is 2.06 bits per heavy atom. The highest BCUT2D eigenvalue weighted by atomic mass is 35.5. The van der Waals surface area contributed by atoms with E-state index in [0.29, 0.717) is 10.6 Å². The molecule has 1 saturated heterocycles. The summed E-state index contributed by atoms with van der Waals surface area (Å²) in [7, 11) is 0. The summed E-state index contributed by atoms with van der Waals surface area (Å²) in [6.07, 6.45) is 0. The van der Waals surface area contributed by atoms with Crippen molar-refractivity contribution in [1.82, 2.24) is 10.2 Å². The van der Waals surface area contributed by atoms with Gasteiger partial charge in [-0.25, -0.2) is 4.39 Å². The van der Waals surface area contributed by atoms with Crippen molar-refractivity contribution in [3.8, 4) is 0 Å². The molecular weight excluding hydrogens is 227 g/mol. The highest BCUT2D eigenvalue weighted by molar-refractivity contribution is 6.31. The van der Waals surface area contributed by atoms with E-state index in [1.54, 1.807) is 19.1 Å². The van der Waals surface area contributed by atoms with Crippen molar-refractivity contribution >= 4 is 11.6 Å². The van der Waals surface area contributed by atoms with Gasteiger partial charge >= 0.3 is 0 Å². The average Bonchev–Trinajstić information content (AvgIpc) is 2.27. The number of hydrogen-bond donors (Lipinski definition) is 1. The quantitative estimate of drug-likeness (QED) is 0.856. The first-order valence-corrected chi connectivity index (χ1v) is 5.92. The number of piperazine rings is 1. The van der Waals surface area contributed by atoms with Gasteiger partial charge < -0.3 is 5.32 Å². The fourth-order valence-electron chi connectivity index (χ4n) is 1.92. The van der Waals surface area contributed by atoms with Crippen molar-refractivity contribution in [3.63, 3.8) is 0 Å². The van der Waals surface area contributed by atoms with Gasteiger partial charge in [-0.1, -0.05) is 11.6 Å². The van der Waals surface area contributed by atoms with Gasteiger partial charge in [-0.15, -0.1) is 0 Å². The van der Waals surface area contributed by atoms with Gasteiger partial charge in [0.25, 0.3) is 0 Å². The van der Waals surface area contributed by atoms with E-state index in [1.807, 2.05) is 0 Å². The van der Waals surface area contributed by atoms with Crippen molar-refractivity contribution in [3.05, 3.63) is 34.1 Å². The predicted octanol–water partition coefficient (Wildman–Crippen LogP) is 2.19. The normalized spacial score (nSPS) is 17.7. The minimum atomic E-state index is -0.172. The zero-order valence-electron chi connectivity index (χ0n) is 9.39. The van der Waals surface area contributed by atoms with Crippen LogP contribution in [0.2, 0.25) is 5.02 Å². The molecule has 0 amide bonds. The summed E-state index contributed by atoms with van der Waals surface area (Å²) in [5.74, 6) is -0.172. The number of rotatable bonds is 2. The summed E-state index contributed by atoms with van der Waals surface area (Å²) >= 11 is 6.11. The first-order chi connectivity index (χ1) is 7.66. The third-order valence-electron chi connectivity index (χ3n) is 2.93. The van der Waals surface area contributed by atoms with Crippen LogP contribution in [-0.4, -0.2) is 31.1 Å². The van der Waals surface area contributed by atoms with E-state index < -0.39 is 0 Å². The molecule has 1 aliphatic rings. The molecule has 1 aromatic rings. The molecule has 0 radical (unpaired) electrons. The maximum atomic E-state index is 13.4. The smallest absolute Gasteiger partial charge is 0.126 e. The zero-order valence-corrected chi connectivity index (χ0v) is 10.1. The molecular formula is C12H16ClFN2. The Morgan fingerprint density at radius 3 is 2.75 bits per heavy atom. The van der Waals surface area contributed by atoms with Gasteiger partial charge in [0.1, 0.15) is 5.82 Å². The average molecular weight is 243 g/mol. The number of aryl methyl sites for hydroxylation is 1.